The molecular formula is C12H24N2O. The number of carbonyl (C=O) groups excluding carboxylic acids is 1. The van der Waals surface area contributed by atoms with E-state index in [0.717, 1.165) is 26.2 Å². The molecule has 1 saturated heterocycles. The normalized spacial score (nSPS) is 26.5. The van der Waals surface area contributed by atoms with Crippen LogP contribution in [0.5, 0.6) is 0 Å². The molecule has 0 bridgehead atoms. The number of rotatable bonds is 2. The van der Waals surface area contributed by atoms with Gasteiger partial charge in [0.1, 0.15) is 0 Å². The zero-order valence-electron chi connectivity index (χ0n) is 10.5. The number of hydrogen-bond donors (Lipinski definition) is 0. The first-order chi connectivity index (χ1) is 7.08. The molecule has 88 valence electrons. The topological polar surface area (TPSA) is 23.6 Å². The zero-order chi connectivity index (χ0) is 11.4. The van der Waals surface area contributed by atoms with Gasteiger partial charge in [0.05, 0.1) is 0 Å². The van der Waals surface area contributed by atoms with Gasteiger partial charge in [-0.3, -0.25) is 0 Å². The van der Waals surface area contributed by atoms with Crippen LogP contribution in [0.1, 0.15) is 34.1 Å². The van der Waals surface area contributed by atoms with E-state index in [-0.39, 0.29) is 6.03 Å². The van der Waals surface area contributed by atoms with Crippen molar-refractivity contribution in [2.24, 2.45) is 11.8 Å². The zero-order valence-corrected chi connectivity index (χ0v) is 10.5. The summed E-state index contributed by atoms with van der Waals surface area (Å²) in [4.78, 5) is 16.0. The largest absolute Gasteiger partial charge is 0.325 e. The number of amides is 2. The fourth-order valence-corrected chi connectivity index (χ4v) is 2.51. The quantitative estimate of drug-likeness (QED) is 0.689. The molecule has 0 aromatic heterocycles. The second-order valence-corrected chi connectivity index (χ2v) is 4.81. The van der Waals surface area contributed by atoms with Gasteiger partial charge in [-0.25, -0.2) is 4.79 Å². The van der Waals surface area contributed by atoms with Crippen LogP contribution in [0.3, 0.4) is 0 Å². The highest BCUT2D eigenvalue weighted by atomic mass is 16.2. The van der Waals surface area contributed by atoms with Gasteiger partial charge in [0, 0.05) is 26.2 Å². The van der Waals surface area contributed by atoms with E-state index >= 15 is 0 Å². The third-order valence-electron chi connectivity index (χ3n) is 3.17. The molecule has 0 N–H and O–H groups in total. The Morgan fingerprint density at radius 2 is 1.67 bits per heavy atom. The molecule has 0 spiro atoms. The molecule has 3 heteroatoms. The third-order valence-corrected chi connectivity index (χ3v) is 3.17. The fraction of sp³-hybridized carbons (Fsp3) is 0.917. The summed E-state index contributed by atoms with van der Waals surface area (Å²) in [6.07, 6.45) is 1.25. The van der Waals surface area contributed by atoms with E-state index in [0.29, 0.717) is 11.8 Å². The molecular weight excluding hydrogens is 188 g/mol. The highest BCUT2D eigenvalue weighted by molar-refractivity contribution is 5.74. The molecule has 0 aromatic rings. The standard InChI is InChI=1S/C12H24N2O/c1-5-13(6-2)12(15)14-8-10(3)7-11(4)9-14/h10-11H,5-9H2,1-4H3. The van der Waals surface area contributed by atoms with E-state index in [1.807, 2.05) is 23.6 Å². The second kappa shape index (κ2) is 5.38. The maximum absolute atomic E-state index is 12.1. The molecule has 2 atom stereocenters. The van der Waals surface area contributed by atoms with E-state index in [2.05, 4.69) is 13.8 Å². The van der Waals surface area contributed by atoms with Crippen LogP contribution in [0.15, 0.2) is 0 Å². The highest BCUT2D eigenvalue weighted by Crippen LogP contribution is 2.21. The summed E-state index contributed by atoms with van der Waals surface area (Å²) in [5, 5.41) is 0. The lowest BCUT2D eigenvalue weighted by Gasteiger charge is -2.37. The van der Waals surface area contributed by atoms with Gasteiger partial charge >= 0.3 is 6.03 Å². The smallest absolute Gasteiger partial charge is 0.319 e. The van der Waals surface area contributed by atoms with Crippen molar-refractivity contribution in [3.8, 4) is 0 Å². The van der Waals surface area contributed by atoms with Crippen LogP contribution in [-0.4, -0.2) is 42.0 Å². The van der Waals surface area contributed by atoms with Gasteiger partial charge in [-0.1, -0.05) is 13.8 Å². The fourth-order valence-electron chi connectivity index (χ4n) is 2.51. The molecule has 15 heavy (non-hydrogen) atoms. The number of hydrogen-bond acceptors (Lipinski definition) is 1. The maximum atomic E-state index is 12.1. The first-order valence-corrected chi connectivity index (χ1v) is 6.12. The third kappa shape index (κ3) is 3.11. The number of carbonyl (C=O) groups is 1. The Hall–Kier alpha value is -0.730. The van der Waals surface area contributed by atoms with Crippen LogP contribution < -0.4 is 0 Å². The van der Waals surface area contributed by atoms with Crippen molar-refractivity contribution in [2.75, 3.05) is 26.2 Å². The Labute approximate surface area is 93.4 Å². The molecule has 1 rings (SSSR count). The molecule has 1 aliphatic heterocycles. The first-order valence-electron chi connectivity index (χ1n) is 6.12. The van der Waals surface area contributed by atoms with Gasteiger partial charge in [0.25, 0.3) is 0 Å². The van der Waals surface area contributed by atoms with E-state index < -0.39 is 0 Å². The van der Waals surface area contributed by atoms with Crippen molar-refractivity contribution in [1.29, 1.82) is 0 Å². The van der Waals surface area contributed by atoms with Crippen molar-refractivity contribution in [1.82, 2.24) is 9.80 Å². The molecule has 1 fully saturated rings. The van der Waals surface area contributed by atoms with Crippen molar-refractivity contribution < 1.29 is 4.79 Å². The molecule has 1 aliphatic rings. The monoisotopic (exact) mass is 212 g/mol. The SMILES string of the molecule is CCN(CC)C(=O)N1CC(C)CC(C)C1. The van der Waals surface area contributed by atoms with Gasteiger partial charge in [-0.2, -0.15) is 0 Å². The number of urea groups is 1. The Morgan fingerprint density at radius 3 is 2.07 bits per heavy atom. The summed E-state index contributed by atoms with van der Waals surface area (Å²) in [5.41, 5.74) is 0. The lowest BCUT2D eigenvalue weighted by Crippen LogP contribution is -2.49. The minimum absolute atomic E-state index is 0.221. The minimum Gasteiger partial charge on any atom is -0.325 e. The van der Waals surface area contributed by atoms with Crippen LogP contribution in [0.2, 0.25) is 0 Å². The average Bonchev–Trinajstić information content (AvgIpc) is 2.18. The van der Waals surface area contributed by atoms with Crippen LogP contribution in [0.4, 0.5) is 4.79 Å². The first kappa shape index (κ1) is 12.3. The lowest BCUT2D eigenvalue weighted by atomic mass is 9.92. The van der Waals surface area contributed by atoms with Crippen LogP contribution in [0.25, 0.3) is 0 Å². The van der Waals surface area contributed by atoms with Gasteiger partial charge in [-0.15, -0.1) is 0 Å². The van der Waals surface area contributed by atoms with Gasteiger partial charge in [0.15, 0.2) is 0 Å². The van der Waals surface area contributed by atoms with E-state index in [1.165, 1.54) is 6.42 Å². The number of nitrogens with zero attached hydrogens (tertiary/aromatic N) is 2. The lowest BCUT2D eigenvalue weighted by molar-refractivity contribution is 0.117. The van der Waals surface area contributed by atoms with E-state index in [4.69, 9.17) is 0 Å². The predicted octanol–water partition coefficient (Wildman–Crippen LogP) is 2.43. The van der Waals surface area contributed by atoms with Crippen LogP contribution >= 0.6 is 0 Å². The molecule has 2 unspecified atom stereocenters. The molecule has 0 aromatic carbocycles. The van der Waals surface area contributed by atoms with Gasteiger partial charge in [-0.05, 0) is 32.1 Å². The Bertz CT molecular complexity index is 204. The summed E-state index contributed by atoms with van der Waals surface area (Å²) in [6.45, 7) is 12.0. The number of likely N-dealkylation sites (tertiary alicyclic amines) is 1. The molecule has 1 heterocycles. The van der Waals surface area contributed by atoms with Crippen molar-refractivity contribution >= 4 is 6.03 Å². The second-order valence-electron chi connectivity index (χ2n) is 4.81. The van der Waals surface area contributed by atoms with E-state index in [1.54, 1.807) is 0 Å². The Kier molecular flexibility index (Phi) is 4.43. The summed E-state index contributed by atoms with van der Waals surface area (Å²) in [5.74, 6) is 1.29. The van der Waals surface area contributed by atoms with Gasteiger partial charge < -0.3 is 9.80 Å². The summed E-state index contributed by atoms with van der Waals surface area (Å²) in [7, 11) is 0. The van der Waals surface area contributed by atoms with Crippen molar-refractivity contribution in [2.45, 2.75) is 34.1 Å². The predicted molar refractivity (Wildman–Crippen MR) is 62.8 cm³/mol. The molecule has 2 amide bonds. The molecule has 0 saturated carbocycles. The minimum atomic E-state index is 0.221. The van der Waals surface area contributed by atoms with Crippen molar-refractivity contribution in [3.05, 3.63) is 0 Å². The van der Waals surface area contributed by atoms with Crippen LogP contribution in [-0.2, 0) is 0 Å². The van der Waals surface area contributed by atoms with Crippen LogP contribution in [0, 0.1) is 11.8 Å². The molecule has 0 aliphatic carbocycles. The van der Waals surface area contributed by atoms with Gasteiger partial charge in [0.2, 0.25) is 0 Å². The Morgan fingerprint density at radius 1 is 1.20 bits per heavy atom. The molecule has 0 radical (unpaired) electrons. The summed E-state index contributed by atoms with van der Waals surface area (Å²) >= 11 is 0. The average molecular weight is 212 g/mol. The maximum Gasteiger partial charge on any atom is 0.319 e. The molecule has 3 nitrogen and oxygen atoms in total. The number of piperidine rings is 1. The highest BCUT2D eigenvalue weighted by Gasteiger charge is 2.27. The summed E-state index contributed by atoms with van der Waals surface area (Å²) < 4.78 is 0. The van der Waals surface area contributed by atoms with Crippen molar-refractivity contribution in [3.63, 3.8) is 0 Å². The van der Waals surface area contributed by atoms with E-state index in [9.17, 15) is 4.79 Å². The Balaban J connectivity index is 2.58. The summed E-state index contributed by atoms with van der Waals surface area (Å²) in [6, 6.07) is 0.221.